The summed E-state index contributed by atoms with van der Waals surface area (Å²) in [7, 11) is 0. The molecule has 2 aromatic rings. The van der Waals surface area contributed by atoms with Crippen molar-refractivity contribution in [3.8, 4) is 5.75 Å². The number of carbonyl (C=O) groups is 1. The molecule has 0 saturated carbocycles. The number of nitrogens with one attached hydrogen (secondary N) is 1. The van der Waals surface area contributed by atoms with E-state index in [4.69, 9.17) is 10.5 Å². The Morgan fingerprint density at radius 2 is 1.82 bits per heavy atom. The predicted molar refractivity (Wildman–Crippen MR) is 130 cm³/mol. The van der Waals surface area contributed by atoms with E-state index < -0.39 is 17.4 Å². The van der Waals surface area contributed by atoms with Gasteiger partial charge in [0.1, 0.15) is 30.0 Å². The maximum absolute atomic E-state index is 12.7. The van der Waals surface area contributed by atoms with Crippen LogP contribution in [-0.4, -0.2) is 46.2 Å². The number of Topliss-reactive ketones (excluding diaryl/α,β-unsaturated/α-hetero) is 1. The molecule has 2 rings (SSSR count). The van der Waals surface area contributed by atoms with Gasteiger partial charge in [-0.3, -0.25) is 19.1 Å². The minimum absolute atomic E-state index is 0.00300. The number of ether oxygens (including phenoxy) is 1. The van der Waals surface area contributed by atoms with E-state index in [1.54, 1.807) is 29.2 Å². The molecule has 0 amide bonds. The van der Waals surface area contributed by atoms with Crippen LogP contribution < -0.4 is 26.6 Å². The van der Waals surface area contributed by atoms with Crippen LogP contribution in [0.25, 0.3) is 0 Å². The Morgan fingerprint density at radius 1 is 1.15 bits per heavy atom. The zero-order valence-corrected chi connectivity index (χ0v) is 19.8. The number of nitrogens with two attached hydrogens (primary N) is 1. The molecule has 0 radical (unpaired) electrons. The average Bonchev–Trinajstić information content (AvgIpc) is 2.77. The molecule has 33 heavy (non-hydrogen) atoms. The third-order valence-corrected chi connectivity index (χ3v) is 5.43. The highest BCUT2D eigenvalue weighted by molar-refractivity contribution is 5.94. The molecule has 0 fully saturated rings. The molecule has 1 unspecified atom stereocenters. The summed E-state index contributed by atoms with van der Waals surface area (Å²) in [5.74, 6) is 0.607. The van der Waals surface area contributed by atoms with E-state index in [-0.39, 0.29) is 30.4 Å². The minimum atomic E-state index is -0.908. The number of hydrogen-bond donors (Lipinski definition) is 3. The Labute approximate surface area is 194 Å². The van der Waals surface area contributed by atoms with E-state index in [2.05, 4.69) is 11.9 Å². The number of anilines is 2. The van der Waals surface area contributed by atoms with Gasteiger partial charge in [0.25, 0.3) is 5.56 Å². The molecule has 0 aliphatic heterocycles. The summed E-state index contributed by atoms with van der Waals surface area (Å²) in [5, 5.41) is 10.6. The lowest BCUT2D eigenvalue weighted by molar-refractivity contribution is 0.101. The van der Waals surface area contributed by atoms with E-state index in [1.165, 1.54) is 11.5 Å². The highest BCUT2D eigenvalue weighted by Crippen LogP contribution is 2.19. The Morgan fingerprint density at radius 3 is 2.42 bits per heavy atom. The van der Waals surface area contributed by atoms with Gasteiger partial charge in [-0.15, -0.1) is 0 Å². The van der Waals surface area contributed by atoms with E-state index in [0.29, 0.717) is 24.4 Å². The number of nitrogen functional groups attached to an aromatic ring is 1. The third-order valence-electron chi connectivity index (χ3n) is 5.43. The van der Waals surface area contributed by atoms with Gasteiger partial charge in [0.2, 0.25) is 0 Å². The first-order chi connectivity index (χ1) is 15.8. The summed E-state index contributed by atoms with van der Waals surface area (Å²) in [6, 6.07) is 6.69. The molecule has 1 aromatic heterocycles. The second-order valence-corrected chi connectivity index (χ2v) is 8.20. The van der Waals surface area contributed by atoms with Crippen LogP contribution in [0.2, 0.25) is 0 Å². The van der Waals surface area contributed by atoms with E-state index in [0.717, 1.165) is 32.1 Å². The maximum atomic E-state index is 12.7. The average molecular weight is 461 g/mol. The van der Waals surface area contributed by atoms with Crippen LogP contribution in [0.5, 0.6) is 5.75 Å². The lowest BCUT2D eigenvalue weighted by Crippen LogP contribution is -2.43. The first kappa shape index (κ1) is 26.2. The standard InChI is InChI=1S/C24H36N4O5/c1-4-6-8-13-27(21-22(25)28(14-7-5-2)24(32)26-23(21)31)15-19(30)16-33-20-11-9-18(10-12-20)17(3)29/h9-12,19,30H,4-8,13-16,25H2,1-3H3,(H,26,31,32). The van der Waals surface area contributed by atoms with Gasteiger partial charge in [0, 0.05) is 25.2 Å². The first-order valence-corrected chi connectivity index (χ1v) is 11.6. The fraction of sp³-hybridized carbons (Fsp3) is 0.542. The van der Waals surface area contributed by atoms with Crippen LogP contribution >= 0.6 is 0 Å². The smallest absolute Gasteiger partial charge is 0.330 e. The number of benzene rings is 1. The first-order valence-electron chi connectivity index (χ1n) is 11.6. The molecular weight excluding hydrogens is 424 g/mol. The normalized spacial score (nSPS) is 11.9. The molecule has 9 nitrogen and oxygen atoms in total. The van der Waals surface area contributed by atoms with Gasteiger partial charge in [-0.25, -0.2) is 4.79 Å². The number of aromatic amines is 1. The quantitative estimate of drug-likeness (QED) is 0.292. The highest BCUT2D eigenvalue weighted by atomic mass is 16.5. The number of nitrogens with zero attached hydrogens (tertiary/aromatic N) is 2. The molecule has 0 bridgehead atoms. The molecule has 182 valence electrons. The monoisotopic (exact) mass is 460 g/mol. The van der Waals surface area contributed by atoms with E-state index >= 15 is 0 Å². The van der Waals surface area contributed by atoms with Crippen molar-refractivity contribution in [1.82, 2.24) is 9.55 Å². The predicted octanol–water partition coefficient (Wildman–Crippen LogP) is 2.56. The van der Waals surface area contributed by atoms with Gasteiger partial charge in [0.05, 0.1) is 0 Å². The summed E-state index contributed by atoms with van der Waals surface area (Å²) < 4.78 is 7.04. The number of hydrogen-bond acceptors (Lipinski definition) is 7. The second-order valence-electron chi connectivity index (χ2n) is 8.20. The molecule has 0 aliphatic carbocycles. The number of ketones is 1. The van der Waals surface area contributed by atoms with Gasteiger partial charge in [0.15, 0.2) is 5.78 Å². The van der Waals surface area contributed by atoms with E-state index in [9.17, 15) is 19.5 Å². The summed E-state index contributed by atoms with van der Waals surface area (Å²) >= 11 is 0. The van der Waals surface area contributed by atoms with E-state index in [1.807, 2.05) is 6.92 Å². The van der Waals surface area contributed by atoms with Gasteiger partial charge < -0.3 is 20.5 Å². The van der Waals surface area contributed by atoms with Crippen LogP contribution in [0.1, 0.15) is 63.2 Å². The van der Waals surface area contributed by atoms with Crippen molar-refractivity contribution in [2.45, 2.75) is 65.5 Å². The summed E-state index contributed by atoms with van der Waals surface area (Å²) in [6.07, 6.45) is 3.49. The van der Waals surface area contributed by atoms with Crippen LogP contribution in [-0.2, 0) is 6.54 Å². The number of H-pyrrole nitrogens is 1. The van der Waals surface area contributed by atoms with Crippen molar-refractivity contribution in [3.05, 3.63) is 50.7 Å². The van der Waals surface area contributed by atoms with Crippen molar-refractivity contribution in [2.24, 2.45) is 0 Å². The number of unbranched alkanes of at least 4 members (excludes halogenated alkanes) is 3. The fourth-order valence-electron chi connectivity index (χ4n) is 3.55. The van der Waals surface area contributed by atoms with Gasteiger partial charge in [-0.2, -0.15) is 0 Å². The largest absolute Gasteiger partial charge is 0.491 e. The number of carbonyl (C=O) groups excluding carboxylic acids is 1. The fourth-order valence-corrected chi connectivity index (χ4v) is 3.55. The third kappa shape index (κ3) is 7.49. The molecule has 1 atom stereocenters. The SMILES string of the molecule is CCCCCN(CC(O)COc1ccc(C(C)=O)cc1)c1c(N)n(CCCC)c(=O)[nH]c1=O. The van der Waals surface area contributed by atoms with Gasteiger partial charge >= 0.3 is 5.69 Å². The number of aliphatic hydroxyl groups is 1. The molecule has 0 spiro atoms. The number of rotatable bonds is 14. The van der Waals surface area contributed by atoms with Crippen molar-refractivity contribution >= 4 is 17.3 Å². The lowest BCUT2D eigenvalue weighted by Gasteiger charge is -2.28. The molecule has 0 aliphatic rings. The van der Waals surface area contributed by atoms with Crippen LogP contribution in [0, 0.1) is 0 Å². The zero-order chi connectivity index (χ0) is 24.4. The summed E-state index contributed by atoms with van der Waals surface area (Å²) in [6.45, 7) is 6.62. The second kappa shape index (κ2) is 12.8. The Balaban J connectivity index is 2.19. The Hall–Kier alpha value is -3.07. The summed E-state index contributed by atoms with van der Waals surface area (Å²) in [4.78, 5) is 40.4. The van der Waals surface area contributed by atoms with Crippen molar-refractivity contribution < 1.29 is 14.6 Å². The number of aromatic nitrogens is 2. The Kier molecular flexibility index (Phi) is 10.2. The Bertz CT molecular complexity index is 1010. The van der Waals surface area contributed by atoms with Gasteiger partial charge in [-0.1, -0.05) is 33.1 Å². The van der Waals surface area contributed by atoms with Crippen molar-refractivity contribution in [1.29, 1.82) is 0 Å². The van der Waals surface area contributed by atoms with Crippen LogP contribution in [0.3, 0.4) is 0 Å². The molecule has 1 heterocycles. The van der Waals surface area contributed by atoms with Crippen molar-refractivity contribution in [2.75, 3.05) is 30.3 Å². The topological polar surface area (TPSA) is 131 Å². The molecule has 1 aromatic carbocycles. The minimum Gasteiger partial charge on any atom is -0.491 e. The van der Waals surface area contributed by atoms with Crippen LogP contribution in [0.15, 0.2) is 33.9 Å². The zero-order valence-electron chi connectivity index (χ0n) is 19.8. The van der Waals surface area contributed by atoms with Crippen LogP contribution in [0.4, 0.5) is 11.5 Å². The maximum Gasteiger partial charge on any atom is 0.330 e. The molecule has 9 heteroatoms. The molecular formula is C24H36N4O5. The highest BCUT2D eigenvalue weighted by Gasteiger charge is 2.21. The van der Waals surface area contributed by atoms with Crippen molar-refractivity contribution in [3.63, 3.8) is 0 Å². The number of aliphatic hydroxyl groups excluding tert-OH is 1. The molecule has 4 N–H and O–H groups in total. The molecule has 0 saturated heterocycles. The summed E-state index contributed by atoms with van der Waals surface area (Å²) in [5.41, 5.74) is 5.97. The van der Waals surface area contributed by atoms with Gasteiger partial charge in [-0.05, 0) is 44.0 Å². The lowest BCUT2D eigenvalue weighted by atomic mass is 10.1.